The standard InChI is InChI=1S/C6H16N2.C2H2F3NO/c7-5-3-1-2-4-6-8;3-2(4,5)1(6)7/h1-8H2;(H2,6,7). The number of unbranched alkanes of at least 4 members (excludes halogenated alkanes) is 3. The van der Waals surface area contributed by atoms with Crippen LogP contribution >= 0.6 is 0 Å². The lowest BCUT2D eigenvalue weighted by atomic mass is 10.2. The van der Waals surface area contributed by atoms with Crippen molar-refractivity contribution in [2.75, 3.05) is 13.1 Å². The number of alkyl halides is 3. The Balaban J connectivity index is 0. The van der Waals surface area contributed by atoms with Crippen molar-refractivity contribution in [2.24, 2.45) is 17.2 Å². The summed E-state index contributed by atoms with van der Waals surface area (Å²) in [6.07, 6.45) is -0.0681. The van der Waals surface area contributed by atoms with E-state index in [1.165, 1.54) is 12.8 Å². The summed E-state index contributed by atoms with van der Waals surface area (Å²) in [5, 5.41) is 0. The van der Waals surface area contributed by atoms with Crippen molar-refractivity contribution in [3.05, 3.63) is 0 Å². The van der Waals surface area contributed by atoms with Gasteiger partial charge >= 0.3 is 12.1 Å². The summed E-state index contributed by atoms with van der Waals surface area (Å²) < 4.78 is 32.1. The van der Waals surface area contributed by atoms with E-state index in [4.69, 9.17) is 16.3 Å². The van der Waals surface area contributed by atoms with Gasteiger partial charge in [0.25, 0.3) is 0 Å². The number of rotatable bonds is 5. The molecule has 0 rings (SSSR count). The molecular formula is C8H18F3N3O. The third-order valence-corrected chi connectivity index (χ3v) is 1.44. The van der Waals surface area contributed by atoms with E-state index in [0.717, 1.165) is 25.9 Å². The number of hydrogen-bond acceptors (Lipinski definition) is 3. The van der Waals surface area contributed by atoms with Gasteiger partial charge in [-0.1, -0.05) is 12.8 Å². The number of primary amides is 1. The molecule has 0 aliphatic carbocycles. The van der Waals surface area contributed by atoms with Crippen LogP contribution in [0.3, 0.4) is 0 Å². The van der Waals surface area contributed by atoms with Crippen LogP contribution in [0.2, 0.25) is 0 Å². The van der Waals surface area contributed by atoms with Crippen molar-refractivity contribution in [1.29, 1.82) is 0 Å². The summed E-state index contributed by atoms with van der Waals surface area (Å²) in [5.74, 6) is -2.26. The molecule has 0 bridgehead atoms. The molecule has 0 aromatic carbocycles. The summed E-state index contributed by atoms with van der Waals surface area (Å²) in [5.41, 5.74) is 14.4. The fraction of sp³-hybridized carbons (Fsp3) is 0.875. The van der Waals surface area contributed by atoms with Gasteiger partial charge in [0.15, 0.2) is 0 Å². The highest BCUT2D eigenvalue weighted by Crippen LogP contribution is 2.11. The van der Waals surface area contributed by atoms with Crippen LogP contribution in [-0.4, -0.2) is 25.2 Å². The van der Waals surface area contributed by atoms with Crippen molar-refractivity contribution in [1.82, 2.24) is 0 Å². The molecule has 0 atom stereocenters. The fourth-order valence-corrected chi connectivity index (χ4v) is 0.642. The van der Waals surface area contributed by atoms with Crippen LogP contribution in [0.1, 0.15) is 25.7 Å². The summed E-state index contributed by atoms with van der Waals surface area (Å²) in [6.45, 7) is 1.65. The van der Waals surface area contributed by atoms with E-state index in [1.54, 1.807) is 0 Å². The molecule has 0 spiro atoms. The van der Waals surface area contributed by atoms with Crippen molar-refractivity contribution in [3.8, 4) is 0 Å². The maximum absolute atomic E-state index is 10.7. The van der Waals surface area contributed by atoms with E-state index in [2.05, 4.69) is 5.73 Å². The van der Waals surface area contributed by atoms with Gasteiger partial charge in [-0.15, -0.1) is 0 Å². The minimum absolute atomic E-state index is 0.824. The zero-order valence-electron chi connectivity index (χ0n) is 8.52. The van der Waals surface area contributed by atoms with Crippen molar-refractivity contribution < 1.29 is 18.0 Å². The lowest BCUT2D eigenvalue weighted by Gasteiger charge is -1.95. The average Bonchev–Trinajstić information content (AvgIpc) is 2.12. The molecule has 15 heavy (non-hydrogen) atoms. The molecule has 6 N–H and O–H groups in total. The predicted octanol–water partition coefficient (Wildman–Crippen LogP) is 0.498. The Labute approximate surface area is 87.0 Å². The summed E-state index contributed by atoms with van der Waals surface area (Å²) in [7, 11) is 0. The summed E-state index contributed by atoms with van der Waals surface area (Å²) in [6, 6.07) is 0. The van der Waals surface area contributed by atoms with E-state index in [9.17, 15) is 13.2 Å². The van der Waals surface area contributed by atoms with Crippen LogP contribution in [0.4, 0.5) is 13.2 Å². The van der Waals surface area contributed by atoms with Gasteiger partial charge in [0.05, 0.1) is 0 Å². The molecule has 0 fully saturated rings. The molecule has 1 amide bonds. The molecule has 0 aliphatic heterocycles. The lowest BCUT2D eigenvalue weighted by Crippen LogP contribution is -2.30. The third kappa shape index (κ3) is 15.9. The molecule has 0 aliphatic rings. The number of carbonyl (C=O) groups is 1. The monoisotopic (exact) mass is 229 g/mol. The molecule has 0 unspecified atom stereocenters. The minimum Gasteiger partial charge on any atom is -0.362 e. The smallest absolute Gasteiger partial charge is 0.362 e. The molecule has 4 nitrogen and oxygen atoms in total. The number of halogens is 3. The van der Waals surface area contributed by atoms with Gasteiger partial charge in [0, 0.05) is 0 Å². The second-order valence-electron chi connectivity index (χ2n) is 2.85. The normalized spacial score (nSPS) is 10.5. The van der Waals surface area contributed by atoms with Crippen LogP contribution in [0.5, 0.6) is 0 Å². The van der Waals surface area contributed by atoms with E-state index in [0.29, 0.717) is 0 Å². The van der Waals surface area contributed by atoms with Crippen LogP contribution < -0.4 is 17.2 Å². The highest BCUT2D eigenvalue weighted by Gasteiger charge is 2.35. The number of hydrogen-bond donors (Lipinski definition) is 3. The SMILES string of the molecule is NC(=O)C(F)(F)F.NCCCCCCN. The van der Waals surface area contributed by atoms with Gasteiger partial charge in [0.2, 0.25) is 0 Å². The molecule has 0 aromatic rings. The Morgan fingerprint density at radius 2 is 1.20 bits per heavy atom. The quantitative estimate of drug-likeness (QED) is 0.599. The molecule has 0 radical (unpaired) electrons. The van der Waals surface area contributed by atoms with Crippen molar-refractivity contribution in [2.45, 2.75) is 31.9 Å². The van der Waals surface area contributed by atoms with Crippen LogP contribution in [0.15, 0.2) is 0 Å². The van der Waals surface area contributed by atoms with Gasteiger partial charge in [-0.25, -0.2) is 0 Å². The van der Waals surface area contributed by atoms with E-state index < -0.39 is 12.1 Å². The first-order valence-electron chi connectivity index (χ1n) is 4.63. The Bertz CT molecular complexity index is 156. The highest BCUT2D eigenvalue weighted by molar-refractivity contribution is 5.79. The van der Waals surface area contributed by atoms with E-state index in [1.807, 2.05) is 0 Å². The highest BCUT2D eigenvalue weighted by atomic mass is 19.4. The van der Waals surface area contributed by atoms with Crippen LogP contribution in [0.25, 0.3) is 0 Å². The van der Waals surface area contributed by atoms with Crippen molar-refractivity contribution >= 4 is 5.91 Å². The largest absolute Gasteiger partial charge is 0.470 e. The Kier molecular flexibility index (Phi) is 10.8. The lowest BCUT2D eigenvalue weighted by molar-refractivity contribution is -0.169. The zero-order valence-corrected chi connectivity index (χ0v) is 8.52. The maximum atomic E-state index is 10.7. The van der Waals surface area contributed by atoms with E-state index >= 15 is 0 Å². The zero-order chi connectivity index (χ0) is 12.3. The topological polar surface area (TPSA) is 95.1 Å². The second kappa shape index (κ2) is 9.72. The molecule has 0 heterocycles. The summed E-state index contributed by atoms with van der Waals surface area (Å²) >= 11 is 0. The predicted molar refractivity (Wildman–Crippen MR) is 51.8 cm³/mol. The summed E-state index contributed by atoms with van der Waals surface area (Å²) in [4.78, 5) is 9.12. The third-order valence-electron chi connectivity index (χ3n) is 1.44. The Morgan fingerprint density at radius 3 is 1.33 bits per heavy atom. The molecule has 7 heteroatoms. The maximum Gasteiger partial charge on any atom is 0.470 e. The second-order valence-corrected chi connectivity index (χ2v) is 2.85. The minimum atomic E-state index is -4.86. The van der Waals surface area contributed by atoms with Crippen molar-refractivity contribution in [3.63, 3.8) is 0 Å². The van der Waals surface area contributed by atoms with Gasteiger partial charge in [0.1, 0.15) is 0 Å². The van der Waals surface area contributed by atoms with Gasteiger partial charge in [-0.2, -0.15) is 13.2 Å². The first kappa shape index (κ1) is 16.6. The number of nitrogens with two attached hydrogens (primary N) is 3. The molecule has 92 valence electrons. The molecule has 0 saturated heterocycles. The van der Waals surface area contributed by atoms with Gasteiger partial charge in [-0.05, 0) is 25.9 Å². The van der Waals surface area contributed by atoms with Gasteiger partial charge in [-0.3, -0.25) is 4.79 Å². The van der Waals surface area contributed by atoms with E-state index in [-0.39, 0.29) is 0 Å². The Hall–Kier alpha value is -0.820. The number of amides is 1. The average molecular weight is 229 g/mol. The first-order valence-corrected chi connectivity index (χ1v) is 4.63. The molecular weight excluding hydrogens is 211 g/mol. The van der Waals surface area contributed by atoms with Gasteiger partial charge < -0.3 is 17.2 Å². The fourth-order valence-electron chi connectivity index (χ4n) is 0.642. The Morgan fingerprint density at radius 1 is 0.933 bits per heavy atom. The first-order chi connectivity index (χ1) is 6.86. The molecule has 0 saturated carbocycles. The van der Waals surface area contributed by atoms with Crippen LogP contribution in [-0.2, 0) is 4.79 Å². The number of carbonyl (C=O) groups excluding carboxylic acids is 1. The van der Waals surface area contributed by atoms with Crippen LogP contribution in [0, 0.1) is 0 Å². The molecule has 0 aromatic heterocycles.